The van der Waals surface area contributed by atoms with E-state index in [0.29, 0.717) is 6.42 Å². The molecule has 1 aromatic rings. The van der Waals surface area contributed by atoms with Crippen molar-refractivity contribution in [1.82, 2.24) is 0 Å². The molecule has 0 bridgehead atoms. The number of carbonyl (C=O) groups excluding carboxylic acids is 2. The summed E-state index contributed by atoms with van der Waals surface area (Å²) >= 11 is 0. The maximum atomic E-state index is 12.1. The summed E-state index contributed by atoms with van der Waals surface area (Å²) in [6, 6.07) is 8.25. The lowest BCUT2D eigenvalue weighted by Gasteiger charge is -2.24. The minimum atomic E-state index is -1.15. The third kappa shape index (κ3) is 3.80. The number of cyclic esters (lactones) is 2. The molecule has 6 heteroatoms. The second kappa shape index (κ2) is 6.69. The van der Waals surface area contributed by atoms with Gasteiger partial charge in [-0.05, 0) is 18.9 Å². The van der Waals surface area contributed by atoms with Crippen LogP contribution in [-0.2, 0) is 25.5 Å². The molecule has 0 aromatic heterocycles. The van der Waals surface area contributed by atoms with Crippen molar-refractivity contribution >= 4 is 11.9 Å². The van der Waals surface area contributed by atoms with Crippen molar-refractivity contribution in [2.75, 3.05) is 6.61 Å². The lowest BCUT2D eigenvalue weighted by molar-refractivity contribution is -0.158. The molecule has 4 atom stereocenters. The van der Waals surface area contributed by atoms with Crippen molar-refractivity contribution in [3.8, 4) is 0 Å². The summed E-state index contributed by atoms with van der Waals surface area (Å²) in [5.41, 5.74) is 6.44. The van der Waals surface area contributed by atoms with E-state index < -0.39 is 36.1 Å². The van der Waals surface area contributed by atoms with Gasteiger partial charge in [0.2, 0.25) is 0 Å². The van der Waals surface area contributed by atoms with Crippen molar-refractivity contribution in [3.05, 3.63) is 35.9 Å². The van der Waals surface area contributed by atoms with Gasteiger partial charge in [0, 0.05) is 0 Å². The molecule has 1 saturated heterocycles. The zero-order chi connectivity index (χ0) is 15.4. The number of rotatable bonds is 2. The van der Waals surface area contributed by atoms with Crippen molar-refractivity contribution in [3.63, 3.8) is 0 Å². The average molecular weight is 293 g/mol. The number of nitrogens with two attached hydrogens (primary N) is 1. The van der Waals surface area contributed by atoms with E-state index in [1.807, 2.05) is 30.3 Å². The van der Waals surface area contributed by atoms with Gasteiger partial charge in [-0.3, -0.25) is 9.59 Å². The number of aliphatic hydroxyl groups is 1. The van der Waals surface area contributed by atoms with Crippen LogP contribution in [0, 0.1) is 5.92 Å². The number of carbonyl (C=O) groups is 2. The van der Waals surface area contributed by atoms with Gasteiger partial charge in [-0.2, -0.15) is 0 Å². The van der Waals surface area contributed by atoms with E-state index in [2.05, 4.69) is 0 Å². The molecule has 3 N–H and O–H groups in total. The third-order valence-corrected chi connectivity index (χ3v) is 3.50. The number of hydrogen-bond acceptors (Lipinski definition) is 6. The van der Waals surface area contributed by atoms with Gasteiger partial charge in [0.1, 0.15) is 24.9 Å². The Morgan fingerprint density at radius 2 is 1.90 bits per heavy atom. The first kappa shape index (κ1) is 15.5. The van der Waals surface area contributed by atoms with Gasteiger partial charge in [0.25, 0.3) is 0 Å². The van der Waals surface area contributed by atoms with E-state index in [4.69, 9.17) is 15.2 Å². The SMILES string of the molecule is CC1OC(=O)C(N)COC(=O)C(Cc2ccccc2)C1O. The van der Waals surface area contributed by atoms with Gasteiger partial charge in [0.05, 0.1) is 5.92 Å². The van der Waals surface area contributed by atoms with E-state index in [-0.39, 0.29) is 6.61 Å². The van der Waals surface area contributed by atoms with E-state index in [0.717, 1.165) is 5.56 Å². The first-order valence-corrected chi connectivity index (χ1v) is 6.83. The monoisotopic (exact) mass is 293 g/mol. The number of aliphatic hydroxyl groups excluding tert-OH is 1. The molecule has 21 heavy (non-hydrogen) atoms. The van der Waals surface area contributed by atoms with Crippen LogP contribution >= 0.6 is 0 Å². The topological polar surface area (TPSA) is 98.9 Å². The molecule has 4 unspecified atom stereocenters. The van der Waals surface area contributed by atoms with Crippen LogP contribution in [0.4, 0.5) is 0 Å². The Balaban J connectivity index is 2.20. The molecular weight excluding hydrogens is 274 g/mol. The Kier molecular flexibility index (Phi) is 4.93. The fourth-order valence-corrected chi connectivity index (χ4v) is 2.23. The summed E-state index contributed by atoms with van der Waals surface area (Å²) in [4.78, 5) is 23.7. The molecule has 1 heterocycles. The van der Waals surface area contributed by atoms with Crippen LogP contribution < -0.4 is 5.73 Å². The van der Waals surface area contributed by atoms with E-state index in [1.54, 1.807) is 0 Å². The maximum absolute atomic E-state index is 12.1. The highest BCUT2D eigenvalue weighted by molar-refractivity contribution is 5.78. The van der Waals surface area contributed by atoms with Crippen LogP contribution in [0.2, 0.25) is 0 Å². The van der Waals surface area contributed by atoms with Gasteiger partial charge >= 0.3 is 11.9 Å². The van der Waals surface area contributed by atoms with Gasteiger partial charge in [0.15, 0.2) is 0 Å². The molecular formula is C15H19NO5. The predicted molar refractivity (Wildman–Crippen MR) is 74.1 cm³/mol. The number of ether oxygens (including phenoxy) is 2. The molecule has 0 saturated carbocycles. The second-order valence-electron chi connectivity index (χ2n) is 5.17. The molecule has 0 aliphatic carbocycles. The molecule has 1 aliphatic rings. The van der Waals surface area contributed by atoms with Crippen LogP contribution in [0.1, 0.15) is 12.5 Å². The highest BCUT2D eigenvalue weighted by Crippen LogP contribution is 2.20. The lowest BCUT2D eigenvalue weighted by Crippen LogP contribution is -2.41. The lowest BCUT2D eigenvalue weighted by atomic mass is 9.91. The van der Waals surface area contributed by atoms with Crippen molar-refractivity contribution in [1.29, 1.82) is 0 Å². The minimum absolute atomic E-state index is 0.248. The van der Waals surface area contributed by atoms with E-state index in [1.165, 1.54) is 6.92 Å². The summed E-state index contributed by atoms with van der Waals surface area (Å²) in [5, 5.41) is 10.3. The fourth-order valence-electron chi connectivity index (χ4n) is 2.23. The number of esters is 2. The Morgan fingerprint density at radius 3 is 2.57 bits per heavy atom. The Hall–Kier alpha value is -1.92. The molecule has 0 radical (unpaired) electrons. The summed E-state index contributed by atoms with van der Waals surface area (Å²) in [7, 11) is 0. The molecule has 2 rings (SSSR count). The predicted octanol–water partition coefficient (Wildman–Crippen LogP) is 0.0220. The van der Waals surface area contributed by atoms with Crippen LogP contribution in [0.15, 0.2) is 30.3 Å². The van der Waals surface area contributed by atoms with Gasteiger partial charge in [-0.1, -0.05) is 30.3 Å². The van der Waals surface area contributed by atoms with Gasteiger partial charge in [-0.15, -0.1) is 0 Å². The van der Waals surface area contributed by atoms with Crippen molar-refractivity contribution in [2.45, 2.75) is 31.6 Å². The summed E-state index contributed by atoms with van der Waals surface area (Å²) < 4.78 is 10.1. The molecule has 1 aromatic carbocycles. The van der Waals surface area contributed by atoms with Crippen molar-refractivity contribution in [2.24, 2.45) is 11.7 Å². The fraction of sp³-hybridized carbons (Fsp3) is 0.467. The molecule has 1 aliphatic heterocycles. The summed E-state index contributed by atoms with van der Waals surface area (Å²) in [5.74, 6) is -2.07. The standard InChI is InChI=1S/C15H19NO5/c1-9-13(17)11(7-10-5-3-2-4-6-10)14(18)20-8-12(16)15(19)21-9/h2-6,9,11-13,17H,7-8,16H2,1H3. The normalized spacial score (nSPS) is 30.6. The summed E-state index contributed by atoms with van der Waals surface area (Å²) in [6.45, 7) is 1.29. The largest absolute Gasteiger partial charge is 0.463 e. The van der Waals surface area contributed by atoms with Gasteiger partial charge in [-0.25, -0.2) is 0 Å². The molecule has 0 spiro atoms. The highest BCUT2D eigenvalue weighted by Gasteiger charge is 2.37. The third-order valence-electron chi connectivity index (χ3n) is 3.50. The molecule has 1 fully saturated rings. The van der Waals surface area contributed by atoms with E-state index >= 15 is 0 Å². The van der Waals surface area contributed by atoms with Gasteiger partial charge < -0.3 is 20.3 Å². The highest BCUT2D eigenvalue weighted by atomic mass is 16.6. The number of benzene rings is 1. The van der Waals surface area contributed by atoms with E-state index in [9.17, 15) is 14.7 Å². The molecule has 0 amide bonds. The Morgan fingerprint density at radius 1 is 1.24 bits per heavy atom. The average Bonchev–Trinajstić information content (AvgIpc) is 2.51. The second-order valence-corrected chi connectivity index (χ2v) is 5.17. The first-order chi connectivity index (χ1) is 9.99. The maximum Gasteiger partial charge on any atom is 0.326 e. The zero-order valence-electron chi connectivity index (χ0n) is 11.8. The van der Waals surface area contributed by atoms with Crippen LogP contribution in [0.25, 0.3) is 0 Å². The summed E-state index contributed by atoms with van der Waals surface area (Å²) in [6.07, 6.45) is -1.67. The van der Waals surface area contributed by atoms with Crippen molar-refractivity contribution < 1.29 is 24.2 Å². The smallest absolute Gasteiger partial charge is 0.326 e. The Bertz CT molecular complexity index is 504. The quantitative estimate of drug-likeness (QED) is 0.746. The molecule has 114 valence electrons. The Labute approximate surface area is 122 Å². The number of hydrogen-bond donors (Lipinski definition) is 2. The minimum Gasteiger partial charge on any atom is -0.463 e. The van der Waals surface area contributed by atoms with Crippen LogP contribution in [-0.4, -0.2) is 41.9 Å². The van der Waals surface area contributed by atoms with Crippen LogP contribution in [0.3, 0.4) is 0 Å². The first-order valence-electron chi connectivity index (χ1n) is 6.83. The van der Waals surface area contributed by atoms with Crippen LogP contribution in [0.5, 0.6) is 0 Å². The zero-order valence-corrected chi connectivity index (χ0v) is 11.8. The molecule has 6 nitrogen and oxygen atoms in total.